The van der Waals surface area contributed by atoms with E-state index < -0.39 is 0 Å². The molecule has 4 heteroatoms. The molecule has 0 spiro atoms. The molecule has 0 aromatic heterocycles. The number of allylic oxidation sites excluding steroid dienone is 4. The van der Waals surface area contributed by atoms with E-state index in [-0.39, 0.29) is 39.7 Å². The van der Waals surface area contributed by atoms with Crippen LogP contribution in [-0.4, -0.2) is 6.88 Å². The third-order valence-corrected chi connectivity index (χ3v) is 4.12. The van der Waals surface area contributed by atoms with Crippen LogP contribution in [0.15, 0.2) is 84.0 Å². The standard InChI is InChI=1S/C15H11.C7H9.2CH3.2ClH.Si.Zr/c1-2-6-12(7-3-1)15-11-10-13-8-4-5-9-14(13)15;1-6-4-3-5-7(6)2;;;;;;/h1-11H;4H,5H2,1-2H3;2*1H3;2*1H;;/q4*-1;;;;. The van der Waals surface area contributed by atoms with Gasteiger partial charge in [-0.1, -0.05) is 48.9 Å². The second kappa shape index (κ2) is 17.1. The first-order chi connectivity index (χ1) is 11.8. The molecule has 2 radical (unpaired) electrons. The summed E-state index contributed by atoms with van der Waals surface area (Å²) < 4.78 is 0. The van der Waals surface area contributed by atoms with Gasteiger partial charge in [0.2, 0.25) is 0 Å². The van der Waals surface area contributed by atoms with Crippen LogP contribution in [0.5, 0.6) is 0 Å². The van der Waals surface area contributed by atoms with Crippen molar-refractivity contribution < 1.29 is 23.3 Å². The molecule has 0 fully saturated rings. The number of halogens is 2. The normalized spacial score (nSPS) is 10.6. The fraction of sp³-hybridized carbons (Fsp3) is 0.125. The number of rotatable bonds is 1. The minimum Gasteiger partial charge on any atom is -0.150 e. The smallest absolute Gasteiger partial charge is 0.0623 e. The van der Waals surface area contributed by atoms with Crippen molar-refractivity contribution in [3.05, 3.63) is 105 Å². The first-order valence-corrected chi connectivity index (χ1v) is 12.1. The molecule has 0 atom stereocenters. The quantitative estimate of drug-likeness (QED) is 0.235. The summed E-state index contributed by atoms with van der Waals surface area (Å²) in [6.45, 7) is 7.33. The van der Waals surface area contributed by atoms with E-state index in [1.54, 1.807) is 0 Å². The molecular weight excluding hydrogens is 478 g/mol. The van der Waals surface area contributed by atoms with Gasteiger partial charge in [-0.15, -0.1) is 84.8 Å². The second-order valence-electron chi connectivity index (χ2n) is 5.69. The van der Waals surface area contributed by atoms with Gasteiger partial charge in [0.05, 0.1) is 0 Å². The molecule has 0 aliphatic heterocycles. The molecule has 1 aliphatic rings. The van der Waals surface area contributed by atoms with Crippen LogP contribution >= 0.6 is 24.8 Å². The molecule has 0 amide bonds. The topological polar surface area (TPSA) is 0 Å². The Bertz CT molecular complexity index is 851. The van der Waals surface area contributed by atoms with E-state index in [0.29, 0.717) is 0 Å². The number of benzene rings is 2. The van der Waals surface area contributed by atoms with Gasteiger partial charge < -0.3 is 14.9 Å². The summed E-state index contributed by atoms with van der Waals surface area (Å²) in [6, 6.07) is 23.4. The molecule has 4 rings (SSSR count). The van der Waals surface area contributed by atoms with Gasteiger partial charge in [-0.2, -0.15) is 5.57 Å². The molecule has 150 valence electrons. The summed E-state index contributed by atoms with van der Waals surface area (Å²) in [7, 11) is 0. The van der Waals surface area contributed by atoms with E-state index in [0.717, 1.165) is 6.42 Å². The molecule has 0 saturated heterocycles. The van der Waals surface area contributed by atoms with E-state index in [2.05, 4.69) is 99.6 Å². The third-order valence-electron chi connectivity index (χ3n) is 4.12. The zero-order chi connectivity index (χ0) is 17.4. The summed E-state index contributed by atoms with van der Waals surface area (Å²) in [4.78, 5) is 0. The van der Waals surface area contributed by atoms with E-state index in [9.17, 15) is 0 Å². The summed E-state index contributed by atoms with van der Waals surface area (Å²) in [6.07, 6.45) is 6.22. The van der Waals surface area contributed by atoms with Gasteiger partial charge in [-0.05, 0) is 0 Å². The Morgan fingerprint density at radius 2 is 1.46 bits per heavy atom. The van der Waals surface area contributed by atoms with Gasteiger partial charge in [-0.3, -0.25) is 6.08 Å². The first-order valence-electron chi connectivity index (χ1n) is 7.93. The fourth-order valence-corrected chi connectivity index (χ4v) is 2.64. The van der Waals surface area contributed by atoms with Crippen LogP contribution in [0.4, 0.5) is 0 Å². The Balaban J connectivity index is -0.000000420. The van der Waals surface area contributed by atoms with Gasteiger partial charge >= 0.3 is 30.2 Å². The maximum atomic E-state index is 3.12. The van der Waals surface area contributed by atoms with Crippen molar-refractivity contribution in [2.75, 3.05) is 0 Å². The zero-order valence-corrected chi connectivity index (χ0v) is 22.0. The predicted molar refractivity (Wildman–Crippen MR) is 129 cm³/mol. The van der Waals surface area contributed by atoms with E-state index in [1.807, 2.05) is 0 Å². The maximum Gasteiger partial charge on any atom is -0.0623 e. The van der Waals surface area contributed by atoms with Crippen molar-refractivity contribution in [3.8, 4) is 11.1 Å². The van der Waals surface area contributed by atoms with Crippen molar-refractivity contribution in [1.82, 2.24) is 0 Å². The van der Waals surface area contributed by atoms with Crippen LogP contribution in [0, 0.1) is 20.9 Å². The largest absolute Gasteiger partial charge is 0.150 e. The van der Waals surface area contributed by atoms with Gasteiger partial charge in [0, 0.05) is 0 Å². The molecule has 0 N–H and O–H groups in total. The molecule has 0 unspecified atom stereocenters. The monoisotopic (exact) mass is 504 g/mol. The average Bonchev–Trinajstić information content (AvgIpc) is 3.24. The molecule has 28 heavy (non-hydrogen) atoms. The third kappa shape index (κ3) is 8.70. The minimum atomic E-state index is 0. The van der Waals surface area contributed by atoms with Crippen LogP contribution in [0.3, 0.4) is 0 Å². The zero-order valence-electron chi connectivity index (χ0n) is 17.0. The first kappa shape index (κ1) is 31.9. The van der Waals surface area contributed by atoms with Crippen LogP contribution in [0.25, 0.3) is 21.9 Å². The number of hydrogen-bond acceptors (Lipinski definition) is 0. The predicted octanol–water partition coefficient (Wildman–Crippen LogP) is 7.67. The Kier molecular flexibility index (Phi) is 19.5. The van der Waals surface area contributed by atoms with Crippen LogP contribution < -0.4 is 0 Å². The van der Waals surface area contributed by atoms with Crippen molar-refractivity contribution in [2.24, 2.45) is 0 Å². The van der Waals surface area contributed by atoms with E-state index in [4.69, 9.17) is 0 Å². The minimum absolute atomic E-state index is 0. The Morgan fingerprint density at radius 1 is 0.893 bits per heavy atom. The second-order valence-corrected chi connectivity index (χ2v) is 5.69. The summed E-state index contributed by atoms with van der Waals surface area (Å²) in [5.74, 6) is 0. The van der Waals surface area contributed by atoms with Crippen molar-refractivity contribution in [2.45, 2.75) is 20.3 Å². The fourth-order valence-electron chi connectivity index (χ4n) is 2.64. The van der Waals surface area contributed by atoms with Crippen LogP contribution in [-0.2, 0) is 23.3 Å². The molecule has 0 bridgehead atoms. The van der Waals surface area contributed by atoms with E-state index in [1.165, 1.54) is 56.4 Å². The van der Waals surface area contributed by atoms with E-state index >= 15 is 0 Å². The van der Waals surface area contributed by atoms with Crippen molar-refractivity contribution >= 4 is 42.5 Å². The van der Waals surface area contributed by atoms with Gasteiger partial charge in [0.25, 0.3) is 0 Å². The van der Waals surface area contributed by atoms with Crippen molar-refractivity contribution in [3.63, 3.8) is 0 Å². The Labute approximate surface area is 200 Å². The van der Waals surface area contributed by atoms with Gasteiger partial charge in [0.15, 0.2) is 0 Å². The molecule has 0 nitrogen and oxygen atoms in total. The van der Waals surface area contributed by atoms with Gasteiger partial charge in [0.1, 0.15) is 0 Å². The maximum absolute atomic E-state index is 3.12. The summed E-state index contributed by atoms with van der Waals surface area (Å²) in [5, 5.41) is 2.65. The summed E-state index contributed by atoms with van der Waals surface area (Å²) >= 11 is 1.36. The molecule has 1 aliphatic carbocycles. The summed E-state index contributed by atoms with van der Waals surface area (Å²) in [5.41, 5.74) is 5.46. The van der Waals surface area contributed by atoms with Crippen LogP contribution in [0.1, 0.15) is 20.3 Å². The SMILES string of the molecule is CC1=C(C)C[C-]=C1.Cl.Cl.[CH3-].[CH3-].[Si]=[Zr].c1ccc(-c2c[cH-]c3ccccc23)cc1. The van der Waals surface area contributed by atoms with Crippen molar-refractivity contribution in [1.29, 1.82) is 0 Å². The Morgan fingerprint density at radius 3 is 1.96 bits per heavy atom. The van der Waals surface area contributed by atoms with Gasteiger partial charge in [-0.25, -0.2) is 11.6 Å². The number of hydrogen-bond donors (Lipinski definition) is 0. The average molecular weight is 507 g/mol. The number of fused-ring (bicyclic) bond motifs is 1. The molecule has 0 heterocycles. The molecular formula is C24H28Cl2SiZr-4. The molecule has 3 aromatic carbocycles. The molecule has 0 saturated carbocycles. The molecule has 3 aromatic rings. The van der Waals surface area contributed by atoms with Crippen LogP contribution in [0.2, 0.25) is 0 Å². The Hall–Kier alpha value is -0.790.